The number of ether oxygens (including phenoxy) is 1. The highest BCUT2D eigenvalue weighted by atomic mass is 16.5. The van der Waals surface area contributed by atoms with Crippen molar-refractivity contribution in [1.82, 2.24) is 4.90 Å². The summed E-state index contributed by atoms with van der Waals surface area (Å²) >= 11 is 0. The predicted octanol–water partition coefficient (Wildman–Crippen LogP) is 2.54. The van der Waals surface area contributed by atoms with Crippen molar-refractivity contribution >= 4 is 0 Å². The molecule has 0 amide bonds. The standard InChI is InChI=1S/C20H25NO3/c22-18-6-7-19-17(14-18)8-10-21(15-20(19)23)11-13-24-12-9-16-4-2-1-3-5-16/h1-7,14,20,22-23H,8-13,15H2. The van der Waals surface area contributed by atoms with Crippen LogP contribution in [-0.2, 0) is 17.6 Å². The highest BCUT2D eigenvalue weighted by molar-refractivity contribution is 5.37. The minimum absolute atomic E-state index is 0.263. The van der Waals surface area contributed by atoms with Crippen molar-refractivity contribution in [3.8, 4) is 5.75 Å². The van der Waals surface area contributed by atoms with E-state index in [1.807, 2.05) is 24.3 Å². The Kier molecular flexibility index (Phi) is 5.86. The van der Waals surface area contributed by atoms with Gasteiger partial charge in [0.15, 0.2) is 0 Å². The van der Waals surface area contributed by atoms with Crippen LogP contribution in [0.1, 0.15) is 22.8 Å². The second-order valence-corrected chi connectivity index (χ2v) is 6.30. The summed E-state index contributed by atoms with van der Waals surface area (Å²) in [6.45, 7) is 3.68. The zero-order valence-corrected chi connectivity index (χ0v) is 13.9. The molecule has 4 nitrogen and oxygen atoms in total. The van der Waals surface area contributed by atoms with Crippen LogP contribution >= 0.6 is 0 Å². The number of benzene rings is 2. The molecule has 0 radical (unpaired) electrons. The third-order valence-electron chi connectivity index (χ3n) is 4.54. The van der Waals surface area contributed by atoms with Crippen molar-refractivity contribution in [2.24, 2.45) is 0 Å². The molecule has 1 aliphatic heterocycles. The molecule has 0 bridgehead atoms. The lowest BCUT2D eigenvalue weighted by Gasteiger charge is -2.21. The number of fused-ring (bicyclic) bond motifs is 1. The van der Waals surface area contributed by atoms with E-state index in [0.29, 0.717) is 19.8 Å². The van der Waals surface area contributed by atoms with Gasteiger partial charge in [0.25, 0.3) is 0 Å². The lowest BCUT2D eigenvalue weighted by molar-refractivity contribution is 0.0777. The van der Waals surface area contributed by atoms with Crippen LogP contribution in [0.5, 0.6) is 5.75 Å². The van der Waals surface area contributed by atoms with Crippen LogP contribution in [0.15, 0.2) is 48.5 Å². The Morgan fingerprint density at radius 3 is 2.75 bits per heavy atom. The third-order valence-corrected chi connectivity index (χ3v) is 4.54. The van der Waals surface area contributed by atoms with Gasteiger partial charge in [-0.2, -0.15) is 0 Å². The summed E-state index contributed by atoms with van der Waals surface area (Å²) in [5.41, 5.74) is 3.26. The van der Waals surface area contributed by atoms with E-state index in [1.54, 1.807) is 12.1 Å². The predicted molar refractivity (Wildman–Crippen MR) is 94.2 cm³/mol. The summed E-state index contributed by atoms with van der Waals surface area (Å²) < 4.78 is 5.75. The van der Waals surface area contributed by atoms with Gasteiger partial charge in [-0.05, 0) is 41.7 Å². The van der Waals surface area contributed by atoms with Crippen LogP contribution in [-0.4, -0.2) is 48.0 Å². The van der Waals surface area contributed by atoms with Gasteiger partial charge in [0.1, 0.15) is 5.75 Å². The number of β-amino-alcohol motifs (C(OH)–C–C–N with tert-alkyl or cyclic N) is 1. The molecule has 0 aliphatic carbocycles. The number of aliphatic hydroxyl groups excluding tert-OH is 1. The van der Waals surface area contributed by atoms with Crippen LogP contribution in [0.3, 0.4) is 0 Å². The van der Waals surface area contributed by atoms with Crippen molar-refractivity contribution < 1.29 is 14.9 Å². The molecule has 2 aromatic carbocycles. The average Bonchev–Trinajstić information content (AvgIpc) is 2.74. The second-order valence-electron chi connectivity index (χ2n) is 6.30. The molecule has 1 aliphatic rings. The van der Waals surface area contributed by atoms with E-state index in [2.05, 4.69) is 17.0 Å². The first-order valence-electron chi connectivity index (χ1n) is 8.56. The highest BCUT2D eigenvalue weighted by Crippen LogP contribution is 2.26. The molecule has 3 rings (SSSR count). The van der Waals surface area contributed by atoms with Crippen LogP contribution in [0.4, 0.5) is 0 Å². The zero-order chi connectivity index (χ0) is 16.8. The summed E-state index contributed by atoms with van der Waals surface area (Å²) in [6, 6.07) is 15.6. The molecule has 0 saturated heterocycles. The SMILES string of the molecule is Oc1ccc2c(c1)CCN(CCOCCc1ccccc1)CC2O. The summed E-state index contributed by atoms with van der Waals surface area (Å²) in [5.74, 6) is 0.263. The number of phenols is 1. The molecule has 0 aromatic heterocycles. The lowest BCUT2D eigenvalue weighted by atomic mass is 10.0. The first kappa shape index (κ1) is 17.0. The quantitative estimate of drug-likeness (QED) is 0.801. The van der Waals surface area contributed by atoms with Gasteiger partial charge in [-0.15, -0.1) is 0 Å². The molecule has 24 heavy (non-hydrogen) atoms. The first-order chi connectivity index (χ1) is 11.7. The first-order valence-corrected chi connectivity index (χ1v) is 8.56. The number of hydrogen-bond donors (Lipinski definition) is 2. The molecular formula is C20H25NO3. The minimum atomic E-state index is -0.507. The molecule has 128 valence electrons. The molecule has 2 N–H and O–H groups in total. The fourth-order valence-electron chi connectivity index (χ4n) is 3.18. The van der Waals surface area contributed by atoms with E-state index in [4.69, 9.17) is 4.74 Å². The molecule has 1 heterocycles. The minimum Gasteiger partial charge on any atom is -0.508 e. The smallest absolute Gasteiger partial charge is 0.115 e. The monoisotopic (exact) mass is 327 g/mol. The van der Waals surface area contributed by atoms with Crippen LogP contribution < -0.4 is 0 Å². The average molecular weight is 327 g/mol. The largest absolute Gasteiger partial charge is 0.508 e. The van der Waals surface area contributed by atoms with E-state index in [-0.39, 0.29) is 5.75 Å². The van der Waals surface area contributed by atoms with Gasteiger partial charge in [0.05, 0.1) is 19.3 Å². The van der Waals surface area contributed by atoms with E-state index in [1.165, 1.54) is 5.56 Å². The van der Waals surface area contributed by atoms with E-state index < -0.39 is 6.10 Å². The number of aliphatic hydroxyl groups is 1. The van der Waals surface area contributed by atoms with Crippen molar-refractivity contribution in [3.05, 3.63) is 65.2 Å². The summed E-state index contributed by atoms with van der Waals surface area (Å²) in [5, 5.41) is 20.0. The van der Waals surface area contributed by atoms with Gasteiger partial charge in [-0.25, -0.2) is 0 Å². The number of nitrogens with zero attached hydrogens (tertiary/aromatic N) is 1. The van der Waals surface area contributed by atoms with E-state index in [9.17, 15) is 10.2 Å². The zero-order valence-electron chi connectivity index (χ0n) is 13.9. The Hall–Kier alpha value is -1.88. The Morgan fingerprint density at radius 1 is 1.08 bits per heavy atom. The summed E-state index contributed by atoms with van der Waals surface area (Å²) in [7, 11) is 0. The highest BCUT2D eigenvalue weighted by Gasteiger charge is 2.21. The number of aromatic hydroxyl groups is 1. The van der Waals surface area contributed by atoms with Crippen LogP contribution in [0.25, 0.3) is 0 Å². The van der Waals surface area contributed by atoms with Crippen molar-refractivity contribution in [2.75, 3.05) is 32.8 Å². The summed E-state index contributed by atoms with van der Waals surface area (Å²) in [6.07, 6.45) is 1.26. The van der Waals surface area contributed by atoms with Crippen molar-refractivity contribution in [1.29, 1.82) is 0 Å². The molecule has 2 aromatic rings. The summed E-state index contributed by atoms with van der Waals surface area (Å²) in [4.78, 5) is 2.23. The Balaban J connectivity index is 1.42. The van der Waals surface area contributed by atoms with Crippen LogP contribution in [0.2, 0.25) is 0 Å². The number of rotatable bonds is 6. The van der Waals surface area contributed by atoms with E-state index in [0.717, 1.165) is 37.1 Å². The Bertz CT molecular complexity index is 645. The van der Waals surface area contributed by atoms with Crippen molar-refractivity contribution in [2.45, 2.75) is 18.9 Å². The molecule has 1 atom stereocenters. The van der Waals surface area contributed by atoms with Gasteiger partial charge < -0.3 is 14.9 Å². The molecule has 0 fully saturated rings. The maximum Gasteiger partial charge on any atom is 0.115 e. The second kappa shape index (κ2) is 8.29. The van der Waals surface area contributed by atoms with Gasteiger partial charge in [0.2, 0.25) is 0 Å². The van der Waals surface area contributed by atoms with Gasteiger partial charge in [-0.3, -0.25) is 4.90 Å². The maximum atomic E-state index is 10.4. The van der Waals surface area contributed by atoms with Crippen molar-refractivity contribution in [3.63, 3.8) is 0 Å². The van der Waals surface area contributed by atoms with E-state index >= 15 is 0 Å². The normalized spacial score (nSPS) is 18.1. The van der Waals surface area contributed by atoms with Gasteiger partial charge in [0, 0.05) is 19.6 Å². The third kappa shape index (κ3) is 4.57. The Morgan fingerprint density at radius 2 is 1.92 bits per heavy atom. The number of phenolic OH excluding ortho intramolecular Hbond substituents is 1. The maximum absolute atomic E-state index is 10.4. The number of hydrogen-bond acceptors (Lipinski definition) is 4. The van der Waals surface area contributed by atoms with Crippen LogP contribution in [0, 0.1) is 0 Å². The molecule has 4 heteroatoms. The molecular weight excluding hydrogens is 302 g/mol. The fourth-order valence-corrected chi connectivity index (χ4v) is 3.18. The van der Waals surface area contributed by atoms with Gasteiger partial charge in [-0.1, -0.05) is 36.4 Å². The molecule has 0 saturated carbocycles. The molecule has 1 unspecified atom stereocenters. The topological polar surface area (TPSA) is 52.9 Å². The fraction of sp³-hybridized carbons (Fsp3) is 0.400. The van der Waals surface area contributed by atoms with Gasteiger partial charge >= 0.3 is 0 Å². The Labute approximate surface area is 143 Å². The lowest BCUT2D eigenvalue weighted by Crippen LogP contribution is -2.31. The molecule has 0 spiro atoms.